The number of ether oxygens (including phenoxy) is 1. The molecule has 0 bridgehead atoms. The highest BCUT2D eigenvalue weighted by Crippen LogP contribution is 2.40. The van der Waals surface area contributed by atoms with Crippen molar-refractivity contribution in [3.8, 4) is 5.69 Å². The van der Waals surface area contributed by atoms with Gasteiger partial charge in [0.05, 0.1) is 36.2 Å². The van der Waals surface area contributed by atoms with E-state index in [9.17, 15) is 9.18 Å². The van der Waals surface area contributed by atoms with Gasteiger partial charge in [-0.3, -0.25) is 14.7 Å². The van der Waals surface area contributed by atoms with Crippen LogP contribution in [-0.2, 0) is 4.74 Å². The zero-order valence-electron chi connectivity index (χ0n) is 20.9. The van der Waals surface area contributed by atoms with Crippen molar-refractivity contribution in [1.82, 2.24) is 19.4 Å². The number of carbonyl (C=O) groups is 1. The smallest absolute Gasteiger partial charge is 0.256 e. The molecule has 6 nitrogen and oxygen atoms in total. The minimum Gasteiger partial charge on any atom is -0.379 e. The molecule has 0 unspecified atom stereocenters. The van der Waals surface area contributed by atoms with Crippen LogP contribution in [0.2, 0.25) is 0 Å². The zero-order chi connectivity index (χ0) is 24.5. The number of nitrogens with zero attached hydrogens (tertiary/aromatic N) is 4. The van der Waals surface area contributed by atoms with Gasteiger partial charge in [0.15, 0.2) is 0 Å². The lowest BCUT2D eigenvalue weighted by molar-refractivity contribution is 0.00732. The number of carbonyl (C=O) groups excluding carboxylic acids is 1. The van der Waals surface area contributed by atoms with E-state index in [1.807, 2.05) is 30.8 Å². The lowest BCUT2D eigenvalue weighted by Gasteiger charge is -2.38. The number of morpholine rings is 1. The van der Waals surface area contributed by atoms with Crippen LogP contribution in [0.4, 0.5) is 4.39 Å². The number of amides is 1. The molecule has 5 rings (SSSR count). The van der Waals surface area contributed by atoms with Crippen LogP contribution in [0, 0.1) is 5.82 Å². The molecule has 2 aromatic heterocycles. The highest BCUT2D eigenvalue weighted by molar-refractivity contribution is 5.99. The van der Waals surface area contributed by atoms with Crippen LogP contribution in [0.5, 0.6) is 0 Å². The molecule has 35 heavy (non-hydrogen) atoms. The molecular formula is C28H35FN4O2. The van der Waals surface area contributed by atoms with Crippen molar-refractivity contribution in [3.63, 3.8) is 0 Å². The molecular weight excluding hydrogens is 443 g/mol. The number of fused-ring (bicyclic) bond motifs is 1. The zero-order valence-corrected chi connectivity index (χ0v) is 20.9. The van der Waals surface area contributed by atoms with Crippen LogP contribution in [0.1, 0.15) is 61.4 Å². The van der Waals surface area contributed by atoms with E-state index in [0.717, 1.165) is 50.0 Å². The van der Waals surface area contributed by atoms with E-state index >= 15 is 0 Å². The maximum atomic E-state index is 14.3. The Morgan fingerprint density at radius 2 is 1.89 bits per heavy atom. The molecule has 2 aliphatic rings. The lowest BCUT2D eigenvalue weighted by Crippen LogP contribution is -2.44. The second-order valence-corrected chi connectivity index (χ2v) is 10.2. The number of hydrogen-bond acceptors (Lipinski definition) is 4. The monoisotopic (exact) mass is 478 g/mol. The number of halogens is 1. The topological polar surface area (TPSA) is 50.6 Å². The third kappa shape index (κ3) is 4.71. The van der Waals surface area contributed by atoms with Crippen LogP contribution in [-0.4, -0.2) is 70.7 Å². The van der Waals surface area contributed by atoms with Crippen molar-refractivity contribution >= 4 is 16.8 Å². The third-order valence-electron chi connectivity index (χ3n) is 7.88. The van der Waals surface area contributed by atoms with Crippen molar-refractivity contribution in [1.29, 1.82) is 0 Å². The predicted octanol–water partition coefficient (Wildman–Crippen LogP) is 5.00. The Bertz CT molecular complexity index is 1190. The van der Waals surface area contributed by atoms with E-state index < -0.39 is 5.82 Å². The molecule has 0 N–H and O–H groups in total. The van der Waals surface area contributed by atoms with E-state index in [1.54, 1.807) is 18.0 Å². The SMILES string of the molecule is CC(C)N(C)C(=O)c1cc(F)ccc1-n1cc([C@H]2CC[C@H](N3CCOCC3)CC2)c2ccncc21. The molecule has 0 radical (unpaired) electrons. The summed E-state index contributed by atoms with van der Waals surface area (Å²) in [5.74, 6) is -0.144. The van der Waals surface area contributed by atoms with E-state index in [0.29, 0.717) is 23.2 Å². The number of aromatic nitrogens is 2. The summed E-state index contributed by atoms with van der Waals surface area (Å²) in [7, 11) is 1.76. The number of rotatable bonds is 5. The van der Waals surface area contributed by atoms with Gasteiger partial charge in [-0.1, -0.05) is 0 Å². The maximum Gasteiger partial charge on any atom is 0.256 e. The minimum absolute atomic E-state index is 0.0129. The minimum atomic E-state index is -0.412. The summed E-state index contributed by atoms with van der Waals surface area (Å²) in [4.78, 5) is 21.9. The van der Waals surface area contributed by atoms with E-state index in [4.69, 9.17) is 4.74 Å². The number of benzene rings is 1. The van der Waals surface area contributed by atoms with Gasteiger partial charge in [0, 0.05) is 50.0 Å². The summed E-state index contributed by atoms with van der Waals surface area (Å²) in [5.41, 5.74) is 3.30. The maximum absolute atomic E-state index is 14.3. The summed E-state index contributed by atoms with van der Waals surface area (Å²) in [6.45, 7) is 7.66. The predicted molar refractivity (Wildman–Crippen MR) is 136 cm³/mol. The fourth-order valence-corrected chi connectivity index (χ4v) is 5.63. The average Bonchev–Trinajstić information content (AvgIpc) is 3.28. The molecule has 2 fully saturated rings. The van der Waals surface area contributed by atoms with Crippen LogP contribution in [0.25, 0.3) is 16.6 Å². The van der Waals surface area contributed by atoms with Gasteiger partial charge in [-0.2, -0.15) is 0 Å². The lowest BCUT2D eigenvalue weighted by atomic mass is 9.81. The van der Waals surface area contributed by atoms with Crippen molar-refractivity contribution < 1.29 is 13.9 Å². The molecule has 186 valence electrons. The van der Waals surface area contributed by atoms with Crippen LogP contribution in [0.15, 0.2) is 42.9 Å². The van der Waals surface area contributed by atoms with Gasteiger partial charge in [-0.15, -0.1) is 0 Å². The fraction of sp³-hybridized carbons (Fsp3) is 0.500. The van der Waals surface area contributed by atoms with Gasteiger partial charge in [0.1, 0.15) is 5.82 Å². The Balaban J connectivity index is 1.49. The molecule has 1 amide bonds. The van der Waals surface area contributed by atoms with E-state index in [2.05, 4.69) is 22.1 Å². The summed E-state index contributed by atoms with van der Waals surface area (Å²) < 4.78 is 21.9. The number of hydrogen-bond donors (Lipinski definition) is 0. The first-order valence-corrected chi connectivity index (χ1v) is 12.8. The second kappa shape index (κ2) is 10.1. The molecule has 1 aliphatic heterocycles. The summed E-state index contributed by atoms with van der Waals surface area (Å²) >= 11 is 0. The Morgan fingerprint density at radius 1 is 1.14 bits per heavy atom. The highest BCUT2D eigenvalue weighted by Gasteiger charge is 2.30. The Hall–Kier alpha value is -2.77. The Kier molecular flexibility index (Phi) is 6.89. The quantitative estimate of drug-likeness (QED) is 0.518. The fourth-order valence-electron chi connectivity index (χ4n) is 5.63. The first-order valence-electron chi connectivity index (χ1n) is 12.8. The number of pyridine rings is 1. The third-order valence-corrected chi connectivity index (χ3v) is 7.88. The average molecular weight is 479 g/mol. The normalized spacial score (nSPS) is 21.5. The second-order valence-electron chi connectivity index (χ2n) is 10.2. The summed E-state index contributed by atoms with van der Waals surface area (Å²) in [5, 5.41) is 1.16. The first kappa shape index (κ1) is 23.9. The summed E-state index contributed by atoms with van der Waals surface area (Å²) in [6, 6.07) is 7.21. The molecule has 0 atom stereocenters. The van der Waals surface area contributed by atoms with E-state index in [1.165, 1.54) is 30.5 Å². The van der Waals surface area contributed by atoms with Crippen molar-refractivity contribution in [2.45, 2.75) is 57.5 Å². The van der Waals surface area contributed by atoms with Crippen LogP contribution >= 0.6 is 0 Å². The molecule has 1 aliphatic carbocycles. The van der Waals surface area contributed by atoms with Crippen LogP contribution < -0.4 is 0 Å². The molecule has 3 heterocycles. The van der Waals surface area contributed by atoms with Gasteiger partial charge in [-0.25, -0.2) is 4.39 Å². The van der Waals surface area contributed by atoms with E-state index in [-0.39, 0.29) is 11.9 Å². The Morgan fingerprint density at radius 3 is 2.60 bits per heavy atom. The molecule has 0 spiro atoms. The van der Waals surface area contributed by atoms with Crippen molar-refractivity contribution in [2.75, 3.05) is 33.4 Å². The summed E-state index contributed by atoms with van der Waals surface area (Å²) in [6.07, 6.45) is 10.5. The van der Waals surface area contributed by atoms with Crippen LogP contribution in [0.3, 0.4) is 0 Å². The van der Waals surface area contributed by atoms with Gasteiger partial charge in [0.2, 0.25) is 0 Å². The van der Waals surface area contributed by atoms with Gasteiger partial charge < -0.3 is 14.2 Å². The van der Waals surface area contributed by atoms with Crippen molar-refractivity contribution in [3.05, 3.63) is 59.8 Å². The molecule has 1 saturated heterocycles. The largest absolute Gasteiger partial charge is 0.379 e. The molecule has 1 saturated carbocycles. The van der Waals surface area contributed by atoms with Gasteiger partial charge in [0.25, 0.3) is 5.91 Å². The molecule has 3 aromatic rings. The molecule has 7 heteroatoms. The molecule has 1 aromatic carbocycles. The van der Waals surface area contributed by atoms with Gasteiger partial charge >= 0.3 is 0 Å². The Labute approximate surface area is 206 Å². The standard InChI is InChI=1S/C28H35FN4O2/c1-19(2)31(3)28(34)24-16-21(29)6-9-26(24)33-18-25(23-10-11-30-17-27(23)33)20-4-7-22(8-5-20)32-12-14-35-15-13-32/h6,9-11,16-20,22H,4-5,7-8,12-15H2,1-3H3/t20-,22-. The van der Waals surface area contributed by atoms with Gasteiger partial charge in [-0.05, 0) is 75.3 Å². The van der Waals surface area contributed by atoms with Crippen molar-refractivity contribution in [2.24, 2.45) is 0 Å². The highest BCUT2D eigenvalue weighted by atomic mass is 19.1. The first-order chi connectivity index (χ1) is 16.9.